The van der Waals surface area contributed by atoms with Crippen LogP contribution in [0.15, 0.2) is 24.3 Å². The Hall–Kier alpha value is -2.29. The van der Waals surface area contributed by atoms with Gasteiger partial charge in [0.25, 0.3) is 6.43 Å². The van der Waals surface area contributed by atoms with E-state index in [1.165, 1.54) is 0 Å². The Morgan fingerprint density at radius 3 is 2.74 bits per heavy atom. The van der Waals surface area contributed by atoms with Crippen LogP contribution in [0.4, 0.5) is 14.6 Å². The highest BCUT2D eigenvalue weighted by atomic mass is 19.3. The molecule has 0 saturated carbocycles. The van der Waals surface area contributed by atoms with Crippen molar-refractivity contribution in [2.45, 2.75) is 12.8 Å². The summed E-state index contributed by atoms with van der Waals surface area (Å²) in [6, 6.07) is 9.01. The molecule has 0 radical (unpaired) electrons. The van der Waals surface area contributed by atoms with E-state index in [1.807, 2.05) is 6.07 Å². The second-order valence-corrected chi connectivity index (χ2v) is 4.05. The molecule has 0 unspecified atom stereocenters. The number of nitrogens with zero attached hydrogens (tertiary/aromatic N) is 4. The third-order valence-electron chi connectivity index (χ3n) is 2.72. The third kappa shape index (κ3) is 2.76. The van der Waals surface area contributed by atoms with Crippen LogP contribution in [0.5, 0.6) is 0 Å². The molecule has 2 aromatic rings. The van der Waals surface area contributed by atoms with Gasteiger partial charge in [-0.05, 0) is 12.1 Å². The summed E-state index contributed by atoms with van der Waals surface area (Å²) < 4.78 is 25.6. The number of anilines is 1. The molecule has 1 aromatic heterocycles. The molecule has 0 aliphatic heterocycles. The molecule has 0 N–H and O–H groups in total. The lowest BCUT2D eigenvalue weighted by Gasteiger charge is -2.19. The molecule has 0 spiro atoms. The van der Waals surface area contributed by atoms with E-state index in [2.05, 4.69) is 9.97 Å². The number of para-hydroxylation sites is 1. The molecule has 98 valence electrons. The molecule has 2 rings (SSSR count). The van der Waals surface area contributed by atoms with Crippen molar-refractivity contribution in [3.05, 3.63) is 30.1 Å². The van der Waals surface area contributed by atoms with Gasteiger partial charge in [-0.1, -0.05) is 12.1 Å². The first-order valence-corrected chi connectivity index (χ1v) is 5.76. The maximum atomic E-state index is 12.8. The lowest BCUT2D eigenvalue weighted by atomic mass is 10.2. The number of fused-ring (bicyclic) bond motifs is 1. The van der Waals surface area contributed by atoms with Gasteiger partial charge in [0.1, 0.15) is 5.82 Å². The van der Waals surface area contributed by atoms with Gasteiger partial charge >= 0.3 is 0 Å². The van der Waals surface area contributed by atoms with Crippen LogP contribution in [0, 0.1) is 11.3 Å². The summed E-state index contributed by atoms with van der Waals surface area (Å²) in [6.07, 6.45) is -2.41. The first-order valence-electron chi connectivity index (χ1n) is 5.76. The number of halogens is 2. The van der Waals surface area contributed by atoms with Crippen molar-refractivity contribution < 1.29 is 8.78 Å². The van der Waals surface area contributed by atoms with Crippen LogP contribution in [0.25, 0.3) is 10.9 Å². The van der Waals surface area contributed by atoms with Crippen molar-refractivity contribution in [3.8, 4) is 6.07 Å². The monoisotopic (exact) mass is 262 g/mol. The fourth-order valence-corrected chi connectivity index (χ4v) is 1.79. The van der Waals surface area contributed by atoms with Gasteiger partial charge in [0.2, 0.25) is 0 Å². The van der Waals surface area contributed by atoms with Crippen LogP contribution < -0.4 is 4.90 Å². The Balaban J connectivity index is 2.53. The van der Waals surface area contributed by atoms with Crippen LogP contribution in [0.1, 0.15) is 18.7 Å². The van der Waals surface area contributed by atoms with Gasteiger partial charge in [-0.2, -0.15) is 5.26 Å². The molecular formula is C13H12F2N4. The first-order chi connectivity index (χ1) is 9.13. The number of nitriles is 1. The smallest absolute Gasteiger partial charge is 0.297 e. The van der Waals surface area contributed by atoms with Crippen LogP contribution in [-0.2, 0) is 0 Å². The van der Waals surface area contributed by atoms with Crippen molar-refractivity contribution in [3.63, 3.8) is 0 Å². The van der Waals surface area contributed by atoms with Crippen LogP contribution in [0.2, 0.25) is 0 Å². The van der Waals surface area contributed by atoms with Crippen molar-refractivity contribution in [1.29, 1.82) is 5.26 Å². The average Bonchev–Trinajstić information content (AvgIpc) is 2.43. The summed E-state index contributed by atoms with van der Waals surface area (Å²) >= 11 is 0. The van der Waals surface area contributed by atoms with Gasteiger partial charge in [0, 0.05) is 19.0 Å². The minimum atomic E-state index is -2.72. The summed E-state index contributed by atoms with van der Waals surface area (Å²) in [5.41, 5.74) is 0.478. The molecule has 6 heteroatoms. The van der Waals surface area contributed by atoms with Gasteiger partial charge in [-0.25, -0.2) is 18.7 Å². The normalized spacial score (nSPS) is 10.7. The van der Waals surface area contributed by atoms with E-state index in [0.29, 0.717) is 29.7 Å². The van der Waals surface area contributed by atoms with E-state index in [4.69, 9.17) is 5.26 Å². The van der Waals surface area contributed by atoms with E-state index in [-0.39, 0.29) is 0 Å². The Morgan fingerprint density at radius 2 is 2.05 bits per heavy atom. The topological polar surface area (TPSA) is 52.8 Å². The molecule has 0 saturated heterocycles. The quantitative estimate of drug-likeness (QED) is 0.850. The predicted octanol–water partition coefficient (Wildman–Crippen LogP) is 2.92. The maximum absolute atomic E-state index is 12.8. The number of benzene rings is 1. The van der Waals surface area contributed by atoms with Crippen molar-refractivity contribution >= 4 is 16.7 Å². The molecule has 0 atom stereocenters. The number of hydrogen-bond donors (Lipinski definition) is 0. The minimum absolute atomic E-state index is 0.304. The minimum Gasteiger partial charge on any atom is -0.358 e. The molecule has 0 aliphatic rings. The fourth-order valence-electron chi connectivity index (χ4n) is 1.79. The van der Waals surface area contributed by atoms with E-state index < -0.39 is 12.2 Å². The first kappa shape index (κ1) is 13.1. The van der Waals surface area contributed by atoms with Gasteiger partial charge in [0.05, 0.1) is 18.0 Å². The number of alkyl halides is 2. The highest BCUT2D eigenvalue weighted by Gasteiger charge is 2.16. The molecule has 4 nitrogen and oxygen atoms in total. The molecule has 0 amide bonds. The van der Waals surface area contributed by atoms with Crippen molar-refractivity contribution in [2.24, 2.45) is 0 Å². The number of rotatable bonds is 4. The zero-order valence-corrected chi connectivity index (χ0v) is 10.3. The molecule has 0 aliphatic carbocycles. The van der Waals surface area contributed by atoms with E-state index in [9.17, 15) is 8.78 Å². The second-order valence-electron chi connectivity index (χ2n) is 4.05. The Bertz CT molecular complexity index is 622. The second kappa shape index (κ2) is 5.57. The standard InChI is InChI=1S/C13H12F2N4/c1-19(8-4-7-16)13-9-5-2-3-6-10(9)17-12(18-13)11(14)15/h2-3,5-6,11H,4,8H2,1H3. The highest BCUT2D eigenvalue weighted by Crippen LogP contribution is 2.26. The summed E-state index contributed by atoms with van der Waals surface area (Å²) in [5, 5.41) is 9.29. The Kier molecular flexibility index (Phi) is 3.85. The van der Waals surface area contributed by atoms with Crippen molar-refractivity contribution in [1.82, 2.24) is 9.97 Å². The summed E-state index contributed by atoms with van der Waals surface area (Å²) in [7, 11) is 1.72. The van der Waals surface area contributed by atoms with Crippen LogP contribution >= 0.6 is 0 Å². The largest absolute Gasteiger partial charge is 0.358 e. The van der Waals surface area contributed by atoms with Crippen molar-refractivity contribution in [2.75, 3.05) is 18.5 Å². The summed E-state index contributed by atoms with van der Waals surface area (Å²) in [4.78, 5) is 9.45. The van der Waals surface area contributed by atoms with Crippen LogP contribution in [0.3, 0.4) is 0 Å². The van der Waals surface area contributed by atoms with Gasteiger partial charge in [-0.15, -0.1) is 0 Å². The lowest BCUT2D eigenvalue weighted by molar-refractivity contribution is 0.141. The summed E-state index contributed by atoms with van der Waals surface area (Å²) in [5.74, 6) is -0.0614. The lowest BCUT2D eigenvalue weighted by Crippen LogP contribution is -2.20. The molecule has 19 heavy (non-hydrogen) atoms. The Morgan fingerprint density at radius 1 is 1.32 bits per heavy atom. The van der Waals surface area contributed by atoms with E-state index in [0.717, 1.165) is 0 Å². The van der Waals surface area contributed by atoms with Crippen LogP contribution in [-0.4, -0.2) is 23.6 Å². The molecular weight excluding hydrogens is 250 g/mol. The number of aromatic nitrogens is 2. The SMILES string of the molecule is CN(CCC#N)c1nc(C(F)F)nc2ccccc12. The Labute approximate surface area is 109 Å². The van der Waals surface area contributed by atoms with E-state index in [1.54, 1.807) is 36.2 Å². The molecule has 0 fully saturated rings. The molecule has 1 heterocycles. The predicted molar refractivity (Wildman–Crippen MR) is 68.0 cm³/mol. The zero-order valence-electron chi connectivity index (χ0n) is 10.3. The van der Waals surface area contributed by atoms with Gasteiger partial charge in [-0.3, -0.25) is 0 Å². The summed E-state index contributed by atoms with van der Waals surface area (Å²) in [6.45, 7) is 0.431. The average molecular weight is 262 g/mol. The maximum Gasteiger partial charge on any atom is 0.297 e. The van der Waals surface area contributed by atoms with Gasteiger partial charge in [0.15, 0.2) is 5.82 Å². The molecule has 1 aromatic carbocycles. The number of hydrogen-bond acceptors (Lipinski definition) is 4. The van der Waals surface area contributed by atoms with Gasteiger partial charge < -0.3 is 4.90 Å². The van der Waals surface area contributed by atoms with E-state index >= 15 is 0 Å². The fraction of sp³-hybridized carbons (Fsp3) is 0.308. The highest BCUT2D eigenvalue weighted by molar-refractivity contribution is 5.89. The zero-order chi connectivity index (χ0) is 13.8. The third-order valence-corrected chi connectivity index (χ3v) is 2.72. The molecule has 0 bridgehead atoms.